The molecule has 0 amide bonds. The van der Waals surface area contributed by atoms with Crippen molar-refractivity contribution in [1.82, 2.24) is 19.9 Å². The fourth-order valence-electron chi connectivity index (χ4n) is 1.76. The van der Waals surface area contributed by atoms with E-state index in [0.717, 1.165) is 4.85 Å². The Bertz CT molecular complexity index is 593. The van der Waals surface area contributed by atoms with E-state index in [2.05, 4.69) is 15.0 Å². The third-order valence-corrected chi connectivity index (χ3v) is 5.81. The predicted octanol–water partition coefficient (Wildman–Crippen LogP) is 0.947. The molecule has 1 N–H and O–H groups in total. The van der Waals surface area contributed by atoms with Gasteiger partial charge in [-0.2, -0.15) is 0 Å². The van der Waals surface area contributed by atoms with Crippen LogP contribution in [0, 0.1) is 5.41 Å². The van der Waals surface area contributed by atoms with Gasteiger partial charge in [0, 0.05) is 11.4 Å². The Kier molecular flexibility index (Phi) is 5.29. The van der Waals surface area contributed by atoms with E-state index in [-0.39, 0.29) is 5.97 Å². The molecule has 0 aromatic carbocycles. The van der Waals surface area contributed by atoms with Crippen LogP contribution in [-0.4, -0.2) is 43.6 Å². The standard InChI is InChI=1S/C15H26N4O4S/c1-7-14(5,6)12(20)23-19-8-11(16-18-19)15(9-22-10-15)17-24(21)13(2,3)4/h8,17H,7,9-10H2,1-6H3. The smallest absolute Gasteiger partial charge is 0.340 e. The molecule has 0 radical (unpaired) electrons. The molecule has 9 heteroatoms. The Hall–Kier alpha value is -1.16. The van der Waals surface area contributed by atoms with Crippen LogP contribution in [0.2, 0.25) is 0 Å². The first-order chi connectivity index (χ1) is 11.0. The molecular weight excluding hydrogens is 332 g/mol. The van der Waals surface area contributed by atoms with Crippen LogP contribution < -0.4 is 9.56 Å². The lowest BCUT2D eigenvalue weighted by Crippen LogP contribution is -2.62. The lowest BCUT2D eigenvalue weighted by atomic mass is 9.91. The molecule has 0 spiro atoms. The van der Waals surface area contributed by atoms with Gasteiger partial charge in [-0.15, -0.1) is 9.82 Å². The molecule has 2 rings (SSSR count). The molecule has 8 nitrogen and oxygen atoms in total. The summed E-state index contributed by atoms with van der Waals surface area (Å²) in [6.07, 6.45) is 2.18. The first kappa shape index (κ1) is 19.2. The fraction of sp³-hybridized carbons (Fsp3) is 0.800. The van der Waals surface area contributed by atoms with E-state index >= 15 is 0 Å². The highest BCUT2D eigenvalue weighted by Crippen LogP contribution is 2.31. The summed E-state index contributed by atoms with van der Waals surface area (Å²) in [5.74, 6) is -0.383. The van der Waals surface area contributed by atoms with Crippen LogP contribution in [0.25, 0.3) is 0 Å². The largest absolute Gasteiger partial charge is 0.598 e. The van der Waals surface area contributed by atoms with Crippen molar-refractivity contribution in [3.63, 3.8) is 0 Å². The van der Waals surface area contributed by atoms with E-state index in [0.29, 0.717) is 25.3 Å². The van der Waals surface area contributed by atoms with Crippen molar-refractivity contribution in [2.45, 2.75) is 58.2 Å². The van der Waals surface area contributed by atoms with Crippen LogP contribution >= 0.6 is 0 Å². The summed E-state index contributed by atoms with van der Waals surface area (Å²) in [4.78, 5) is 18.4. The normalized spacial score (nSPS) is 18.8. The van der Waals surface area contributed by atoms with Crippen LogP contribution in [-0.2, 0) is 26.4 Å². The SMILES string of the molecule is CCC(C)(C)C(=O)On1cc(C2(N[S+]([O-])C(C)(C)C)COC2)nn1. The van der Waals surface area contributed by atoms with Gasteiger partial charge in [0.1, 0.15) is 10.4 Å². The fourth-order valence-corrected chi connectivity index (χ4v) is 2.64. The number of aromatic nitrogens is 3. The van der Waals surface area contributed by atoms with Gasteiger partial charge in [-0.25, -0.2) is 4.79 Å². The lowest BCUT2D eigenvalue weighted by molar-refractivity contribution is -0.156. The molecule has 1 aliphatic rings. The predicted molar refractivity (Wildman–Crippen MR) is 89.2 cm³/mol. The molecular formula is C15H26N4O4S. The summed E-state index contributed by atoms with van der Waals surface area (Å²) < 4.78 is 20.4. The molecule has 1 fully saturated rings. The molecule has 1 atom stereocenters. The molecule has 24 heavy (non-hydrogen) atoms. The minimum absolute atomic E-state index is 0.335. The highest BCUT2D eigenvalue weighted by atomic mass is 32.2. The van der Waals surface area contributed by atoms with Crippen LogP contribution in [0.15, 0.2) is 6.20 Å². The van der Waals surface area contributed by atoms with E-state index in [4.69, 9.17) is 9.57 Å². The van der Waals surface area contributed by atoms with Crippen molar-refractivity contribution in [2.75, 3.05) is 13.2 Å². The molecule has 1 aromatic rings. The number of hydrogen-bond acceptors (Lipinski definition) is 7. The number of carbonyl (C=O) groups excluding carboxylic acids is 1. The van der Waals surface area contributed by atoms with Crippen LogP contribution in [0.1, 0.15) is 53.7 Å². The van der Waals surface area contributed by atoms with Gasteiger partial charge in [0.25, 0.3) is 0 Å². The van der Waals surface area contributed by atoms with Gasteiger partial charge in [0.2, 0.25) is 0 Å². The second-order valence-electron chi connectivity index (χ2n) is 7.68. The van der Waals surface area contributed by atoms with Gasteiger partial charge in [0.15, 0.2) is 5.54 Å². The highest BCUT2D eigenvalue weighted by molar-refractivity contribution is 7.90. The minimum Gasteiger partial charge on any atom is -0.598 e. The Labute approximate surface area is 145 Å². The summed E-state index contributed by atoms with van der Waals surface area (Å²) in [5, 5.41) is 7.92. The molecule has 1 unspecified atom stereocenters. The minimum atomic E-state index is -1.29. The Morgan fingerprint density at radius 1 is 1.46 bits per heavy atom. The average Bonchev–Trinajstić information content (AvgIpc) is 2.90. The summed E-state index contributed by atoms with van der Waals surface area (Å²) in [7, 11) is 0. The number of rotatable bonds is 6. The zero-order chi connectivity index (χ0) is 18.2. The third-order valence-electron chi connectivity index (χ3n) is 4.12. The highest BCUT2D eigenvalue weighted by Gasteiger charge is 2.49. The van der Waals surface area contributed by atoms with Gasteiger partial charge in [-0.1, -0.05) is 11.8 Å². The van der Waals surface area contributed by atoms with Gasteiger partial charge < -0.3 is 14.1 Å². The number of hydrogen-bond donors (Lipinski definition) is 1. The summed E-state index contributed by atoms with van der Waals surface area (Å²) in [6.45, 7) is 11.9. The number of nitrogens with one attached hydrogen (secondary N) is 1. The Balaban J connectivity index is 2.12. The van der Waals surface area contributed by atoms with E-state index < -0.39 is 27.1 Å². The van der Waals surface area contributed by atoms with Crippen molar-refractivity contribution in [3.05, 3.63) is 11.9 Å². The van der Waals surface area contributed by atoms with Crippen LogP contribution in [0.5, 0.6) is 0 Å². The lowest BCUT2D eigenvalue weighted by Gasteiger charge is -2.41. The maximum absolute atomic E-state index is 12.4. The van der Waals surface area contributed by atoms with Crippen molar-refractivity contribution < 1.29 is 18.9 Å². The van der Waals surface area contributed by atoms with Crippen molar-refractivity contribution in [3.8, 4) is 0 Å². The van der Waals surface area contributed by atoms with E-state index in [1.165, 1.54) is 6.20 Å². The molecule has 1 saturated heterocycles. The number of ether oxygens (including phenoxy) is 1. The molecule has 0 saturated carbocycles. The second kappa shape index (κ2) is 6.62. The molecule has 0 bridgehead atoms. The van der Waals surface area contributed by atoms with Crippen molar-refractivity contribution in [2.24, 2.45) is 5.41 Å². The quantitative estimate of drug-likeness (QED) is 0.596. The number of nitrogens with zero attached hydrogens (tertiary/aromatic N) is 3. The molecule has 1 aliphatic heterocycles. The summed E-state index contributed by atoms with van der Waals surface area (Å²) >= 11 is -1.29. The van der Waals surface area contributed by atoms with Crippen LogP contribution in [0.4, 0.5) is 0 Å². The average molecular weight is 358 g/mol. The van der Waals surface area contributed by atoms with E-state index in [9.17, 15) is 9.35 Å². The molecule has 1 aromatic heterocycles. The second-order valence-corrected chi connectivity index (χ2v) is 9.65. The summed E-state index contributed by atoms with van der Waals surface area (Å²) in [5.41, 5.74) is -0.744. The zero-order valence-electron chi connectivity index (χ0n) is 15.1. The maximum atomic E-state index is 12.4. The van der Waals surface area contributed by atoms with Gasteiger partial charge in [-0.05, 0) is 46.3 Å². The van der Waals surface area contributed by atoms with Gasteiger partial charge in [-0.3, -0.25) is 0 Å². The van der Waals surface area contributed by atoms with Gasteiger partial charge in [0.05, 0.1) is 24.8 Å². The molecule has 2 heterocycles. The molecule has 136 valence electrons. The Morgan fingerprint density at radius 2 is 2.08 bits per heavy atom. The monoisotopic (exact) mass is 358 g/mol. The van der Waals surface area contributed by atoms with Crippen molar-refractivity contribution in [1.29, 1.82) is 0 Å². The van der Waals surface area contributed by atoms with Crippen molar-refractivity contribution >= 4 is 17.3 Å². The zero-order valence-corrected chi connectivity index (χ0v) is 15.9. The van der Waals surface area contributed by atoms with Crippen LogP contribution in [0.3, 0.4) is 0 Å². The topological polar surface area (TPSA) is 101 Å². The number of carbonyl (C=O) groups is 1. The molecule has 0 aliphatic carbocycles. The van der Waals surface area contributed by atoms with E-state index in [1.54, 1.807) is 0 Å². The Morgan fingerprint density at radius 3 is 2.54 bits per heavy atom. The van der Waals surface area contributed by atoms with Gasteiger partial charge >= 0.3 is 5.97 Å². The van der Waals surface area contributed by atoms with E-state index in [1.807, 2.05) is 41.5 Å². The summed E-state index contributed by atoms with van der Waals surface area (Å²) in [6, 6.07) is 0. The maximum Gasteiger partial charge on any atom is 0.340 e. The third kappa shape index (κ3) is 3.90. The first-order valence-corrected chi connectivity index (χ1v) is 9.08. The first-order valence-electron chi connectivity index (χ1n) is 7.93.